The predicted molar refractivity (Wildman–Crippen MR) is 108 cm³/mol. The van der Waals surface area contributed by atoms with E-state index in [0.717, 1.165) is 16.7 Å². The number of hydrogen-bond donors (Lipinski definition) is 1. The molecule has 0 spiro atoms. The molecule has 3 aromatic rings. The topological polar surface area (TPSA) is 92.5 Å². The molecule has 7 nitrogen and oxygen atoms in total. The van der Waals surface area contributed by atoms with Crippen LogP contribution >= 0.6 is 0 Å². The molecule has 4 rings (SSSR count). The molecule has 0 radical (unpaired) electrons. The minimum atomic E-state index is -3.57. The first-order valence-electron chi connectivity index (χ1n) is 9.26. The molecule has 1 aromatic heterocycles. The van der Waals surface area contributed by atoms with E-state index in [4.69, 9.17) is 4.52 Å². The Morgan fingerprint density at radius 3 is 2.52 bits per heavy atom. The number of aromatic nitrogens is 1. The van der Waals surface area contributed by atoms with Gasteiger partial charge in [-0.1, -0.05) is 28.9 Å². The number of amides is 1. The zero-order chi connectivity index (χ0) is 20.6. The van der Waals surface area contributed by atoms with Crippen molar-refractivity contribution in [2.24, 2.45) is 0 Å². The first kappa shape index (κ1) is 19.4. The van der Waals surface area contributed by atoms with Crippen molar-refractivity contribution in [3.05, 3.63) is 76.7 Å². The molecular weight excluding hydrogens is 390 g/mol. The van der Waals surface area contributed by atoms with Gasteiger partial charge in [-0.25, -0.2) is 8.42 Å². The molecule has 0 fully saturated rings. The Morgan fingerprint density at radius 2 is 1.83 bits per heavy atom. The van der Waals surface area contributed by atoms with Gasteiger partial charge in [0, 0.05) is 24.8 Å². The number of sulfonamides is 1. The fourth-order valence-electron chi connectivity index (χ4n) is 3.34. The second-order valence-corrected chi connectivity index (χ2v) is 9.10. The second kappa shape index (κ2) is 7.46. The summed E-state index contributed by atoms with van der Waals surface area (Å²) in [4.78, 5) is 12.6. The van der Waals surface area contributed by atoms with E-state index in [1.165, 1.54) is 4.31 Å². The van der Waals surface area contributed by atoms with Crippen LogP contribution in [0, 0.1) is 13.8 Å². The molecule has 1 aliphatic heterocycles. The molecule has 1 amide bonds. The van der Waals surface area contributed by atoms with Gasteiger partial charge in [-0.2, -0.15) is 4.31 Å². The number of carbonyl (C=O) groups excluding carboxylic acids is 1. The van der Waals surface area contributed by atoms with E-state index in [1.807, 2.05) is 25.1 Å². The van der Waals surface area contributed by atoms with Crippen molar-refractivity contribution in [1.82, 2.24) is 9.46 Å². The van der Waals surface area contributed by atoms with Crippen LogP contribution in [0.5, 0.6) is 0 Å². The van der Waals surface area contributed by atoms with Crippen molar-refractivity contribution >= 4 is 21.6 Å². The third-order valence-corrected chi connectivity index (χ3v) is 6.82. The van der Waals surface area contributed by atoms with Gasteiger partial charge in [0.2, 0.25) is 10.0 Å². The number of nitrogens with zero attached hydrogens (tertiary/aromatic N) is 2. The SMILES string of the molecule is Cc1ccc(S(=O)(=O)N2CCc3ccc(NC(=O)c4cc(C)on4)cc3C2)cc1. The smallest absolute Gasteiger partial charge is 0.277 e. The highest BCUT2D eigenvalue weighted by molar-refractivity contribution is 7.89. The minimum absolute atomic E-state index is 0.198. The number of hydrogen-bond acceptors (Lipinski definition) is 5. The van der Waals surface area contributed by atoms with E-state index in [2.05, 4.69) is 10.5 Å². The van der Waals surface area contributed by atoms with Crippen LogP contribution in [-0.4, -0.2) is 30.3 Å². The molecule has 2 heterocycles. The number of carbonyl (C=O) groups is 1. The lowest BCUT2D eigenvalue weighted by atomic mass is 10.0. The van der Waals surface area contributed by atoms with Crippen molar-refractivity contribution in [3.8, 4) is 0 Å². The summed E-state index contributed by atoms with van der Waals surface area (Å²) >= 11 is 0. The van der Waals surface area contributed by atoms with E-state index in [9.17, 15) is 13.2 Å². The van der Waals surface area contributed by atoms with Crippen LogP contribution < -0.4 is 5.32 Å². The molecule has 8 heteroatoms. The van der Waals surface area contributed by atoms with Gasteiger partial charge in [0.1, 0.15) is 5.76 Å². The molecule has 2 aromatic carbocycles. The molecule has 0 unspecified atom stereocenters. The summed E-state index contributed by atoms with van der Waals surface area (Å²) in [7, 11) is -3.57. The van der Waals surface area contributed by atoms with Crippen LogP contribution in [0.15, 0.2) is 57.9 Å². The Bertz CT molecular complexity index is 1170. The lowest BCUT2D eigenvalue weighted by molar-refractivity contribution is 0.101. The van der Waals surface area contributed by atoms with E-state index in [-0.39, 0.29) is 23.0 Å². The molecule has 29 heavy (non-hydrogen) atoms. The Labute approximate surface area is 169 Å². The molecule has 0 saturated carbocycles. The van der Waals surface area contributed by atoms with Gasteiger partial charge in [-0.15, -0.1) is 0 Å². The van der Waals surface area contributed by atoms with E-state index in [1.54, 1.807) is 37.3 Å². The van der Waals surface area contributed by atoms with E-state index in [0.29, 0.717) is 24.4 Å². The van der Waals surface area contributed by atoms with Gasteiger partial charge in [-0.05, 0) is 55.7 Å². The van der Waals surface area contributed by atoms with Crippen LogP contribution in [0.3, 0.4) is 0 Å². The Morgan fingerprint density at radius 1 is 1.07 bits per heavy atom. The highest BCUT2D eigenvalue weighted by Gasteiger charge is 2.28. The van der Waals surface area contributed by atoms with Crippen LogP contribution in [0.2, 0.25) is 0 Å². The fourth-order valence-corrected chi connectivity index (χ4v) is 4.76. The van der Waals surface area contributed by atoms with E-state index < -0.39 is 10.0 Å². The van der Waals surface area contributed by atoms with Crippen LogP contribution in [-0.2, 0) is 23.0 Å². The van der Waals surface area contributed by atoms with Crippen molar-refractivity contribution in [1.29, 1.82) is 0 Å². The third-order valence-electron chi connectivity index (χ3n) is 4.96. The number of fused-ring (bicyclic) bond motifs is 1. The monoisotopic (exact) mass is 411 g/mol. The third kappa shape index (κ3) is 3.94. The van der Waals surface area contributed by atoms with Gasteiger partial charge in [-0.3, -0.25) is 4.79 Å². The van der Waals surface area contributed by atoms with Crippen molar-refractivity contribution < 1.29 is 17.7 Å². The average molecular weight is 411 g/mol. The molecule has 0 atom stereocenters. The van der Waals surface area contributed by atoms with Gasteiger partial charge in [0.25, 0.3) is 5.91 Å². The van der Waals surface area contributed by atoms with Crippen LogP contribution in [0.25, 0.3) is 0 Å². The number of benzene rings is 2. The Kier molecular flexibility index (Phi) is 4.97. The molecule has 1 N–H and O–H groups in total. The first-order valence-corrected chi connectivity index (χ1v) is 10.7. The standard InChI is InChI=1S/C21H21N3O4S/c1-14-3-7-19(8-4-14)29(26,27)24-10-9-16-5-6-18(12-17(16)13-24)22-21(25)20-11-15(2)28-23-20/h3-8,11-12H,9-10,13H2,1-2H3,(H,22,25). The lowest BCUT2D eigenvalue weighted by Crippen LogP contribution is -2.36. The van der Waals surface area contributed by atoms with Gasteiger partial charge in [0.15, 0.2) is 5.69 Å². The maximum Gasteiger partial charge on any atom is 0.277 e. The highest BCUT2D eigenvalue weighted by Crippen LogP contribution is 2.27. The van der Waals surface area contributed by atoms with Gasteiger partial charge in [0.05, 0.1) is 4.90 Å². The lowest BCUT2D eigenvalue weighted by Gasteiger charge is -2.28. The van der Waals surface area contributed by atoms with Crippen LogP contribution in [0.1, 0.15) is 32.9 Å². The summed E-state index contributed by atoms with van der Waals surface area (Å²) in [5.74, 6) is 0.180. The summed E-state index contributed by atoms with van der Waals surface area (Å²) in [6, 6.07) is 14.0. The quantitative estimate of drug-likeness (QED) is 0.711. The molecule has 0 aliphatic carbocycles. The first-order chi connectivity index (χ1) is 13.8. The summed E-state index contributed by atoms with van der Waals surface area (Å²) in [5, 5.41) is 6.49. The largest absolute Gasteiger partial charge is 0.361 e. The summed E-state index contributed by atoms with van der Waals surface area (Å²) in [6.45, 7) is 4.32. The fraction of sp³-hybridized carbons (Fsp3) is 0.238. The molecule has 1 aliphatic rings. The summed E-state index contributed by atoms with van der Waals surface area (Å²) in [6.07, 6.45) is 0.622. The maximum absolute atomic E-state index is 13.0. The van der Waals surface area contributed by atoms with Crippen LogP contribution in [0.4, 0.5) is 5.69 Å². The number of aryl methyl sites for hydroxylation is 2. The maximum atomic E-state index is 13.0. The summed E-state index contributed by atoms with van der Waals surface area (Å²) in [5.41, 5.74) is 3.75. The Hall–Kier alpha value is -2.97. The summed E-state index contributed by atoms with van der Waals surface area (Å²) < 4.78 is 32.4. The van der Waals surface area contributed by atoms with E-state index >= 15 is 0 Å². The number of nitrogens with one attached hydrogen (secondary N) is 1. The average Bonchev–Trinajstić information content (AvgIpc) is 3.14. The molecule has 0 bridgehead atoms. The van der Waals surface area contributed by atoms with Crippen molar-refractivity contribution in [3.63, 3.8) is 0 Å². The Balaban J connectivity index is 1.55. The van der Waals surface area contributed by atoms with Gasteiger partial charge < -0.3 is 9.84 Å². The molecule has 150 valence electrons. The highest BCUT2D eigenvalue weighted by atomic mass is 32.2. The zero-order valence-corrected chi connectivity index (χ0v) is 17.0. The second-order valence-electron chi connectivity index (χ2n) is 7.16. The van der Waals surface area contributed by atoms with Crippen molar-refractivity contribution in [2.45, 2.75) is 31.7 Å². The number of rotatable bonds is 4. The predicted octanol–water partition coefficient (Wildman–Crippen LogP) is 3.29. The zero-order valence-electron chi connectivity index (χ0n) is 16.2. The molecular formula is C21H21N3O4S. The normalized spacial score (nSPS) is 14.4. The van der Waals surface area contributed by atoms with Gasteiger partial charge >= 0.3 is 0 Å². The molecule has 0 saturated heterocycles. The van der Waals surface area contributed by atoms with Crippen molar-refractivity contribution in [2.75, 3.05) is 11.9 Å². The number of anilines is 1. The minimum Gasteiger partial charge on any atom is -0.361 e.